The number of fused-ring (bicyclic) bond motifs is 2. The Kier molecular flexibility index (Phi) is 5.57. The summed E-state index contributed by atoms with van der Waals surface area (Å²) in [4.78, 5) is 18.0. The van der Waals surface area contributed by atoms with Crippen LogP contribution in [-0.2, 0) is 24.1 Å². The second-order valence-electron chi connectivity index (χ2n) is 6.75. The number of carbonyl (C=O) groups excluding carboxylic acids is 1. The molecule has 0 spiro atoms. The van der Waals surface area contributed by atoms with Gasteiger partial charge in [-0.25, -0.2) is 0 Å². The van der Waals surface area contributed by atoms with Crippen LogP contribution >= 0.6 is 27.3 Å². The van der Waals surface area contributed by atoms with E-state index >= 15 is 0 Å². The number of methoxy groups -OCH3 is 1. The minimum atomic E-state index is -0.180. The first kappa shape index (κ1) is 18.6. The number of amides is 1. The number of halogens is 1. The molecule has 0 bridgehead atoms. The summed E-state index contributed by atoms with van der Waals surface area (Å²) in [7, 11) is 1.68. The van der Waals surface area contributed by atoms with Crippen LogP contribution in [0.2, 0.25) is 0 Å². The Hall–Kier alpha value is -1.76. The summed E-state index contributed by atoms with van der Waals surface area (Å²) in [5.74, 6) is -0.180. The van der Waals surface area contributed by atoms with Gasteiger partial charge < -0.3 is 9.30 Å². The fourth-order valence-electron chi connectivity index (χ4n) is 3.55. The maximum Gasteiger partial charge on any atom is 0.279 e. The number of ether oxygens (including phenoxy) is 1. The average molecular weight is 445 g/mol. The Balaban J connectivity index is 1.76. The first-order chi connectivity index (χ1) is 13.2. The third-order valence-corrected chi connectivity index (χ3v) is 6.49. The molecule has 0 aliphatic heterocycles. The van der Waals surface area contributed by atoms with Gasteiger partial charge in [-0.3, -0.25) is 4.79 Å². The maximum atomic E-state index is 12.9. The molecular weight excluding hydrogens is 424 g/mol. The highest BCUT2D eigenvalue weighted by Crippen LogP contribution is 2.24. The fraction of sp³-hybridized carbons (Fsp3) is 0.333. The van der Waals surface area contributed by atoms with E-state index in [2.05, 4.69) is 37.6 Å². The van der Waals surface area contributed by atoms with E-state index in [1.807, 2.05) is 24.3 Å². The highest BCUT2D eigenvalue weighted by molar-refractivity contribution is 9.10. The Morgan fingerprint density at radius 3 is 2.81 bits per heavy atom. The fourth-order valence-corrected chi connectivity index (χ4v) is 5.16. The predicted molar refractivity (Wildman–Crippen MR) is 112 cm³/mol. The summed E-state index contributed by atoms with van der Waals surface area (Å²) in [6.45, 7) is 1.23. The lowest BCUT2D eigenvalue weighted by molar-refractivity contribution is 0.0997. The Labute approximate surface area is 170 Å². The number of hydrogen-bond donors (Lipinski definition) is 0. The van der Waals surface area contributed by atoms with E-state index in [1.165, 1.54) is 35.3 Å². The van der Waals surface area contributed by atoms with Crippen molar-refractivity contribution in [1.29, 1.82) is 0 Å². The number of thiazole rings is 1. The van der Waals surface area contributed by atoms with Crippen molar-refractivity contribution in [2.24, 2.45) is 4.99 Å². The molecule has 1 amide bonds. The number of hydrogen-bond acceptors (Lipinski definition) is 3. The summed E-state index contributed by atoms with van der Waals surface area (Å²) < 4.78 is 9.42. The Morgan fingerprint density at radius 1 is 1.19 bits per heavy atom. The molecule has 140 valence electrons. The first-order valence-electron chi connectivity index (χ1n) is 9.14. The third-order valence-electron chi connectivity index (χ3n) is 4.96. The van der Waals surface area contributed by atoms with Gasteiger partial charge in [0.25, 0.3) is 5.91 Å². The van der Waals surface area contributed by atoms with E-state index in [1.54, 1.807) is 7.11 Å². The van der Waals surface area contributed by atoms with Gasteiger partial charge in [0.05, 0.1) is 16.8 Å². The van der Waals surface area contributed by atoms with Crippen molar-refractivity contribution < 1.29 is 9.53 Å². The molecule has 0 saturated carbocycles. The maximum absolute atomic E-state index is 12.9. The van der Waals surface area contributed by atoms with Crippen molar-refractivity contribution in [3.8, 4) is 0 Å². The lowest BCUT2D eigenvalue weighted by Gasteiger charge is -2.15. The van der Waals surface area contributed by atoms with Gasteiger partial charge in [0.15, 0.2) is 4.80 Å². The molecular formula is C21H21BrN2O2S. The topological polar surface area (TPSA) is 43.6 Å². The quantitative estimate of drug-likeness (QED) is 0.583. The number of benzene rings is 2. The molecule has 0 radical (unpaired) electrons. The summed E-state index contributed by atoms with van der Waals surface area (Å²) in [6, 6.07) is 12.2. The summed E-state index contributed by atoms with van der Waals surface area (Å²) in [5.41, 5.74) is 4.42. The smallest absolute Gasteiger partial charge is 0.279 e. The van der Waals surface area contributed by atoms with Crippen LogP contribution in [0, 0.1) is 0 Å². The van der Waals surface area contributed by atoms with Crippen molar-refractivity contribution >= 4 is 43.4 Å². The molecule has 1 aliphatic rings. The molecule has 0 saturated heterocycles. The molecule has 4 nitrogen and oxygen atoms in total. The van der Waals surface area contributed by atoms with Crippen molar-refractivity contribution in [3.05, 3.63) is 62.4 Å². The lowest BCUT2D eigenvalue weighted by Crippen LogP contribution is -2.19. The molecule has 0 N–H and O–H groups in total. The molecule has 27 heavy (non-hydrogen) atoms. The lowest BCUT2D eigenvalue weighted by atomic mass is 9.90. The van der Waals surface area contributed by atoms with Gasteiger partial charge in [0.1, 0.15) is 0 Å². The Bertz CT molecular complexity index is 1070. The zero-order valence-electron chi connectivity index (χ0n) is 15.2. The van der Waals surface area contributed by atoms with E-state index in [-0.39, 0.29) is 5.91 Å². The monoisotopic (exact) mass is 444 g/mol. The largest absolute Gasteiger partial charge is 0.383 e. The van der Waals surface area contributed by atoms with Crippen LogP contribution < -0.4 is 4.80 Å². The van der Waals surface area contributed by atoms with Crippen molar-refractivity contribution in [3.63, 3.8) is 0 Å². The van der Waals surface area contributed by atoms with Gasteiger partial charge >= 0.3 is 0 Å². The summed E-state index contributed by atoms with van der Waals surface area (Å²) in [5, 5.41) is 0. The van der Waals surface area contributed by atoms with Crippen LogP contribution in [0.1, 0.15) is 34.3 Å². The van der Waals surface area contributed by atoms with E-state index in [9.17, 15) is 4.79 Å². The van der Waals surface area contributed by atoms with Crippen LogP contribution in [0.15, 0.2) is 45.9 Å². The number of nitrogens with zero attached hydrogens (tertiary/aromatic N) is 2. The van der Waals surface area contributed by atoms with E-state index in [0.29, 0.717) is 23.5 Å². The highest BCUT2D eigenvalue weighted by Gasteiger charge is 2.14. The molecule has 4 rings (SSSR count). The normalized spacial score (nSPS) is 14.5. The van der Waals surface area contributed by atoms with Gasteiger partial charge in [0.2, 0.25) is 0 Å². The van der Waals surface area contributed by atoms with Gasteiger partial charge in [-0.05, 0) is 67.1 Å². The molecule has 2 aromatic carbocycles. The minimum Gasteiger partial charge on any atom is -0.383 e. The van der Waals surface area contributed by atoms with E-state index < -0.39 is 0 Å². The number of aromatic nitrogens is 1. The van der Waals surface area contributed by atoms with Crippen molar-refractivity contribution in [2.45, 2.75) is 32.2 Å². The van der Waals surface area contributed by atoms with Gasteiger partial charge in [-0.1, -0.05) is 33.3 Å². The van der Waals surface area contributed by atoms with Crippen LogP contribution in [0.4, 0.5) is 0 Å². The second-order valence-corrected chi connectivity index (χ2v) is 8.67. The molecule has 6 heteroatoms. The second kappa shape index (κ2) is 8.09. The van der Waals surface area contributed by atoms with Gasteiger partial charge in [-0.15, -0.1) is 0 Å². The number of carbonyl (C=O) groups is 1. The van der Waals surface area contributed by atoms with Crippen molar-refractivity contribution in [1.82, 2.24) is 4.57 Å². The zero-order valence-corrected chi connectivity index (χ0v) is 17.6. The van der Waals surface area contributed by atoms with E-state index in [0.717, 1.165) is 27.5 Å². The molecule has 3 aromatic rings. The molecule has 0 unspecified atom stereocenters. The van der Waals surface area contributed by atoms with Gasteiger partial charge in [0, 0.05) is 23.7 Å². The molecule has 1 heterocycles. The minimum absolute atomic E-state index is 0.180. The first-order valence-corrected chi connectivity index (χ1v) is 10.8. The highest BCUT2D eigenvalue weighted by atomic mass is 79.9. The summed E-state index contributed by atoms with van der Waals surface area (Å²) >= 11 is 5.05. The third kappa shape index (κ3) is 3.93. The number of rotatable bonds is 4. The molecule has 0 atom stereocenters. The average Bonchev–Trinajstić information content (AvgIpc) is 3.01. The van der Waals surface area contributed by atoms with Crippen LogP contribution in [0.25, 0.3) is 10.2 Å². The standard InChI is InChI=1S/C21H21BrN2O2S/c1-26-11-10-24-18-9-8-17(22)13-19(18)27-21(24)23-20(25)16-7-6-14-4-2-3-5-15(14)12-16/h6-9,12-13H,2-5,10-11H2,1H3. The van der Waals surface area contributed by atoms with Crippen LogP contribution in [-0.4, -0.2) is 24.2 Å². The number of aryl methyl sites for hydroxylation is 2. The van der Waals surface area contributed by atoms with E-state index in [4.69, 9.17) is 4.74 Å². The predicted octanol–water partition coefficient (Wildman–Crippen LogP) is 4.73. The van der Waals surface area contributed by atoms with Gasteiger partial charge in [-0.2, -0.15) is 4.99 Å². The zero-order chi connectivity index (χ0) is 18.8. The SMILES string of the molecule is COCCn1c(=NC(=O)c2ccc3c(c2)CCCC3)sc2cc(Br)ccc21. The molecule has 1 aliphatic carbocycles. The van der Waals surface area contributed by atoms with Crippen molar-refractivity contribution in [2.75, 3.05) is 13.7 Å². The van der Waals surface area contributed by atoms with Crippen LogP contribution in [0.3, 0.4) is 0 Å². The summed E-state index contributed by atoms with van der Waals surface area (Å²) in [6.07, 6.45) is 4.61. The Morgan fingerprint density at radius 2 is 2.00 bits per heavy atom. The molecule has 1 aromatic heterocycles. The molecule has 0 fully saturated rings. The van der Waals surface area contributed by atoms with Crippen LogP contribution in [0.5, 0.6) is 0 Å².